The van der Waals surface area contributed by atoms with Gasteiger partial charge in [-0.1, -0.05) is 17.9 Å². The molecule has 1 aromatic carbocycles. The van der Waals surface area contributed by atoms with E-state index in [2.05, 4.69) is 11.8 Å². The zero-order valence-electron chi connectivity index (χ0n) is 10.7. The number of nitrogens with one attached hydrogen (secondary N) is 1. The molecule has 1 aliphatic rings. The zero-order chi connectivity index (χ0) is 15.7. The largest absolute Gasteiger partial charge is 0.407 e. The number of rotatable bonds is 3. The molecule has 4 nitrogen and oxygen atoms in total. The van der Waals surface area contributed by atoms with E-state index >= 15 is 0 Å². The first-order valence-electron chi connectivity index (χ1n) is 6.01. The highest BCUT2D eigenvalue weighted by atomic mass is 32.2. The normalized spacial score (nSPS) is 17.0. The lowest BCUT2D eigenvalue weighted by molar-refractivity contribution is -0.160. The molecule has 0 heterocycles. The van der Waals surface area contributed by atoms with E-state index in [-0.39, 0.29) is 17.7 Å². The first-order chi connectivity index (χ1) is 9.70. The smallest absolute Gasteiger partial charge is 0.384 e. The van der Waals surface area contributed by atoms with E-state index in [9.17, 15) is 21.6 Å². The van der Waals surface area contributed by atoms with E-state index in [1.54, 1.807) is 4.72 Å². The maximum Gasteiger partial charge on any atom is 0.407 e. The number of halogens is 3. The second kappa shape index (κ2) is 5.33. The Kier molecular flexibility index (Phi) is 4.02. The van der Waals surface area contributed by atoms with Crippen LogP contribution in [0.5, 0.6) is 0 Å². The summed E-state index contributed by atoms with van der Waals surface area (Å²) in [5, 5.41) is 8.58. The topological polar surface area (TPSA) is 66.4 Å². The van der Waals surface area contributed by atoms with Crippen molar-refractivity contribution in [1.82, 2.24) is 4.72 Å². The fourth-order valence-electron chi connectivity index (χ4n) is 1.77. The van der Waals surface area contributed by atoms with Crippen molar-refractivity contribution < 1.29 is 26.7 Å². The molecule has 0 unspecified atom stereocenters. The molecule has 2 rings (SSSR count). The van der Waals surface area contributed by atoms with Gasteiger partial charge in [0.25, 0.3) is 0 Å². The van der Waals surface area contributed by atoms with E-state index in [1.165, 1.54) is 18.2 Å². The van der Waals surface area contributed by atoms with Gasteiger partial charge in [0.05, 0.1) is 4.90 Å². The van der Waals surface area contributed by atoms with E-state index < -0.39 is 28.3 Å². The van der Waals surface area contributed by atoms with Crippen molar-refractivity contribution in [3.8, 4) is 11.8 Å². The van der Waals surface area contributed by atoms with Crippen LogP contribution in [0, 0.1) is 11.8 Å². The Balaban J connectivity index is 2.29. The van der Waals surface area contributed by atoms with Crippen LogP contribution < -0.4 is 4.72 Å². The third-order valence-electron chi connectivity index (χ3n) is 3.08. The number of alkyl halides is 3. The Hall–Kier alpha value is -1.56. The molecule has 1 fully saturated rings. The molecule has 0 radical (unpaired) electrons. The summed E-state index contributed by atoms with van der Waals surface area (Å²) in [5.74, 6) is 4.84. The van der Waals surface area contributed by atoms with Crippen LogP contribution in [0.25, 0.3) is 0 Å². The summed E-state index contributed by atoms with van der Waals surface area (Å²) < 4.78 is 64.3. The molecule has 21 heavy (non-hydrogen) atoms. The fourth-order valence-corrected chi connectivity index (χ4v) is 3.26. The predicted octanol–water partition coefficient (Wildman–Crippen LogP) is 1.40. The van der Waals surface area contributed by atoms with Crippen molar-refractivity contribution in [1.29, 1.82) is 0 Å². The van der Waals surface area contributed by atoms with Crippen molar-refractivity contribution in [2.24, 2.45) is 0 Å². The SMILES string of the molecule is O=S(=O)(NC1(C(F)(F)F)CC1)c1cccc(C#CCO)c1. The van der Waals surface area contributed by atoms with Crippen molar-refractivity contribution in [2.75, 3.05) is 6.61 Å². The van der Waals surface area contributed by atoms with Gasteiger partial charge in [-0.25, -0.2) is 8.42 Å². The first kappa shape index (κ1) is 15.8. The minimum absolute atomic E-state index is 0.264. The highest BCUT2D eigenvalue weighted by molar-refractivity contribution is 7.89. The van der Waals surface area contributed by atoms with E-state index in [0.29, 0.717) is 5.56 Å². The number of sulfonamides is 1. The molecular weight excluding hydrogens is 307 g/mol. The van der Waals surface area contributed by atoms with Gasteiger partial charge in [0.15, 0.2) is 0 Å². The molecule has 0 saturated heterocycles. The minimum atomic E-state index is -4.62. The second-order valence-electron chi connectivity index (χ2n) is 4.67. The monoisotopic (exact) mass is 319 g/mol. The summed E-state index contributed by atoms with van der Waals surface area (Å²) in [4.78, 5) is -0.289. The van der Waals surface area contributed by atoms with E-state index in [4.69, 9.17) is 5.11 Å². The lowest BCUT2D eigenvalue weighted by atomic mass is 10.2. The number of aliphatic hydroxyl groups is 1. The van der Waals surface area contributed by atoms with Gasteiger partial charge < -0.3 is 5.11 Å². The fraction of sp³-hybridized carbons (Fsp3) is 0.385. The summed E-state index contributed by atoms with van der Waals surface area (Å²) in [5.41, 5.74) is -2.05. The van der Waals surface area contributed by atoms with Crippen LogP contribution in [0.4, 0.5) is 13.2 Å². The molecule has 1 saturated carbocycles. The third-order valence-corrected chi connectivity index (χ3v) is 4.61. The molecule has 114 valence electrons. The van der Waals surface area contributed by atoms with Crippen LogP contribution in [0.2, 0.25) is 0 Å². The summed E-state index contributed by atoms with van der Waals surface area (Å²) in [6.45, 7) is -0.396. The third kappa shape index (κ3) is 3.37. The molecule has 0 bridgehead atoms. The van der Waals surface area contributed by atoms with Gasteiger partial charge in [-0.15, -0.1) is 0 Å². The highest BCUT2D eigenvalue weighted by Crippen LogP contribution is 2.49. The number of benzene rings is 1. The lowest BCUT2D eigenvalue weighted by Gasteiger charge is -2.20. The van der Waals surface area contributed by atoms with Crippen LogP contribution in [-0.4, -0.2) is 31.8 Å². The van der Waals surface area contributed by atoms with Crippen molar-refractivity contribution in [2.45, 2.75) is 29.5 Å². The summed E-state index contributed by atoms with van der Waals surface area (Å²) >= 11 is 0. The van der Waals surface area contributed by atoms with E-state index in [1.807, 2.05) is 0 Å². The Bertz CT molecular complexity index is 697. The van der Waals surface area contributed by atoms with Crippen LogP contribution in [0.1, 0.15) is 18.4 Å². The lowest BCUT2D eigenvalue weighted by Crippen LogP contribution is -2.47. The molecule has 2 N–H and O–H groups in total. The van der Waals surface area contributed by atoms with Gasteiger partial charge in [0.2, 0.25) is 10.0 Å². The zero-order valence-corrected chi connectivity index (χ0v) is 11.6. The molecule has 1 aliphatic carbocycles. The second-order valence-corrected chi connectivity index (χ2v) is 6.36. The summed E-state index contributed by atoms with van der Waals surface area (Å²) in [6, 6.07) is 5.23. The number of hydrogen-bond donors (Lipinski definition) is 2. The Morgan fingerprint density at radius 2 is 2.00 bits per heavy atom. The minimum Gasteiger partial charge on any atom is -0.384 e. The first-order valence-corrected chi connectivity index (χ1v) is 7.49. The maximum absolute atomic E-state index is 12.8. The Labute approximate surface area is 120 Å². The number of hydrogen-bond acceptors (Lipinski definition) is 3. The van der Waals surface area contributed by atoms with Gasteiger partial charge in [-0.05, 0) is 31.0 Å². The summed E-state index contributed by atoms with van der Waals surface area (Å²) in [7, 11) is -4.29. The van der Waals surface area contributed by atoms with Gasteiger partial charge in [0.1, 0.15) is 12.1 Å². The Morgan fingerprint density at radius 1 is 1.33 bits per heavy atom. The summed E-state index contributed by atoms with van der Waals surface area (Å²) in [6.07, 6.45) is -5.14. The molecule has 0 amide bonds. The Morgan fingerprint density at radius 3 is 2.52 bits per heavy atom. The molecular formula is C13H12F3NO3S. The standard InChI is InChI=1S/C13H12F3NO3S/c14-13(15,16)12(6-7-12)17-21(19,20)11-5-1-3-10(9-11)4-2-8-18/h1,3,5,9,17-18H,6-8H2. The van der Waals surface area contributed by atoms with Crippen LogP contribution >= 0.6 is 0 Å². The van der Waals surface area contributed by atoms with Gasteiger partial charge in [-0.3, -0.25) is 0 Å². The maximum atomic E-state index is 12.8. The van der Waals surface area contributed by atoms with Gasteiger partial charge >= 0.3 is 6.18 Å². The molecule has 0 spiro atoms. The molecule has 8 heteroatoms. The van der Waals surface area contributed by atoms with Crippen molar-refractivity contribution >= 4 is 10.0 Å². The molecule has 0 aromatic heterocycles. The van der Waals surface area contributed by atoms with Crippen molar-refractivity contribution in [3.05, 3.63) is 29.8 Å². The average Bonchev–Trinajstić information content (AvgIpc) is 3.16. The molecule has 1 aromatic rings. The average molecular weight is 319 g/mol. The van der Waals surface area contributed by atoms with Crippen LogP contribution in [0.15, 0.2) is 29.2 Å². The molecule has 0 atom stereocenters. The van der Waals surface area contributed by atoms with Gasteiger partial charge in [-0.2, -0.15) is 17.9 Å². The predicted molar refractivity (Wildman–Crippen MR) is 68.7 cm³/mol. The highest BCUT2D eigenvalue weighted by Gasteiger charge is 2.65. The van der Waals surface area contributed by atoms with Crippen LogP contribution in [-0.2, 0) is 10.0 Å². The van der Waals surface area contributed by atoms with Gasteiger partial charge in [0, 0.05) is 5.56 Å². The molecule has 0 aliphatic heterocycles. The van der Waals surface area contributed by atoms with Crippen molar-refractivity contribution in [3.63, 3.8) is 0 Å². The number of aliphatic hydroxyl groups excluding tert-OH is 1. The quantitative estimate of drug-likeness (QED) is 0.828. The van der Waals surface area contributed by atoms with E-state index in [0.717, 1.165) is 6.07 Å². The van der Waals surface area contributed by atoms with Crippen LogP contribution in [0.3, 0.4) is 0 Å².